The molecular weight excluding hydrogens is 692 g/mol. The number of carbonyl (C=O) groups excluding carboxylic acids is 5. The Kier molecular flexibility index (Phi) is 6.27. The van der Waals surface area contributed by atoms with Gasteiger partial charge in [0.1, 0.15) is 31.5 Å². The molecule has 3 aliphatic heterocycles. The van der Waals surface area contributed by atoms with Crippen molar-refractivity contribution in [2.75, 3.05) is 19.8 Å². The topological polar surface area (TPSA) is 212 Å². The van der Waals surface area contributed by atoms with E-state index in [9.17, 15) is 44.4 Å². The van der Waals surface area contributed by atoms with Gasteiger partial charge in [-0.3, -0.25) is 9.59 Å². The molecular formula is C39H42O14. The number of aliphatic hydroxyl groups is 4. The Morgan fingerprint density at radius 2 is 1.47 bits per heavy atom. The maximum atomic E-state index is 14.4. The quantitative estimate of drug-likeness (QED) is 0.202. The number of fused-ring (bicyclic) bond motifs is 9. The summed E-state index contributed by atoms with van der Waals surface area (Å²) in [6.45, 7) is 5.65. The van der Waals surface area contributed by atoms with Crippen molar-refractivity contribution in [2.45, 2.75) is 94.9 Å². The lowest BCUT2D eigenvalue weighted by Crippen LogP contribution is -2.69. The number of hydrogen-bond acceptors (Lipinski definition) is 14. The molecule has 0 radical (unpaired) electrons. The number of aliphatic hydroxyl groups excluding tert-OH is 1. The van der Waals surface area contributed by atoms with Gasteiger partial charge in [-0.15, -0.1) is 0 Å². The fourth-order valence-corrected chi connectivity index (χ4v) is 13.2. The van der Waals surface area contributed by atoms with Crippen LogP contribution in [0.3, 0.4) is 0 Å². The average molecular weight is 735 g/mol. The van der Waals surface area contributed by atoms with Crippen LogP contribution in [0.2, 0.25) is 0 Å². The highest BCUT2D eigenvalue weighted by molar-refractivity contribution is 5.98. The zero-order valence-corrected chi connectivity index (χ0v) is 29.9. The highest BCUT2D eigenvalue weighted by atomic mass is 16.7. The van der Waals surface area contributed by atoms with Gasteiger partial charge in [0.05, 0.1) is 24.0 Å². The second-order valence-electron chi connectivity index (χ2n) is 17.6. The highest BCUT2D eigenvalue weighted by Crippen LogP contribution is 2.84. The molecule has 10 aliphatic rings. The van der Waals surface area contributed by atoms with E-state index in [4.69, 9.17) is 23.7 Å². The van der Waals surface area contributed by atoms with Crippen LogP contribution in [0.5, 0.6) is 0 Å². The standard InChI is InChI=1S/C39H42O14/c1-15-7-8-49-25(40)5-6-26(41)50-13-17-18-11-23-34(3,19-9-22(19)37(23,47)14-51-30(15)42)24-12-36(46)21-10-20(21)35(4)29(36)28(38(18,24)52-32(17)44)27-16(2)31(43)53-39(27,48)33(35)45/h7,19-24,33,45-48H,5-6,8-14H2,1-4H3/b15-7+/t19-,20-,21+,22+,23+,24+,33-,34+,35+,36+,37+,38+,39-/m1/s1. The normalized spacial score (nSPS) is 51.7. The van der Waals surface area contributed by atoms with Gasteiger partial charge in [0.15, 0.2) is 5.60 Å². The van der Waals surface area contributed by atoms with Crippen molar-refractivity contribution in [3.63, 3.8) is 0 Å². The zero-order valence-electron chi connectivity index (χ0n) is 29.9. The van der Waals surface area contributed by atoms with E-state index in [1.807, 2.05) is 6.92 Å². The predicted octanol–water partition coefficient (Wildman–Crippen LogP) is 0.995. The molecule has 1 spiro atoms. The van der Waals surface area contributed by atoms with Crippen molar-refractivity contribution in [3.05, 3.63) is 45.1 Å². The molecule has 0 amide bonds. The Balaban J connectivity index is 1.21. The third-order valence-corrected chi connectivity index (χ3v) is 15.6. The van der Waals surface area contributed by atoms with E-state index in [0.717, 1.165) is 0 Å². The van der Waals surface area contributed by atoms with Crippen LogP contribution >= 0.6 is 0 Å². The van der Waals surface area contributed by atoms with Crippen LogP contribution in [0.25, 0.3) is 0 Å². The van der Waals surface area contributed by atoms with E-state index in [0.29, 0.717) is 24.0 Å². The number of carbonyl (C=O) groups is 5. The van der Waals surface area contributed by atoms with Crippen molar-refractivity contribution < 1.29 is 68.1 Å². The Labute approximate surface area is 303 Å². The molecule has 14 heteroatoms. The first-order valence-electron chi connectivity index (χ1n) is 18.6. The fourth-order valence-electron chi connectivity index (χ4n) is 13.2. The lowest BCUT2D eigenvalue weighted by atomic mass is 9.42. The van der Waals surface area contributed by atoms with Crippen molar-refractivity contribution >= 4 is 29.8 Å². The van der Waals surface area contributed by atoms with E-state index in [2.05, 4.69) is 0 Å². The Morgan fingerprint density at radius 3 is 2.21 bits per heavy atom. The lowest BCUT2D eigenvalue weighted by molar-refractivity contribution is -0.244. The first-order chi connectivity index (χ1) is 24.9. The van der Waals surface area contributed by atoms with Crippen molar-refractivity contribution in [1.82, 2.24) is 0 Å². The molecule has 5 saturated carbocycles. The number of hydrogen-bond donors (Lipinski definition) is 4. The fraction of sp³-hybridized carbons (Fsp3) is 0.667. The predicted molar refractivity (Wildman–Crippen MR) is 174 cm³/mol. The van der Waals surface area contributed by atoms with Gasteiger partial charge in [0, 0.05) is 39.5 Å². The van der Waals surface area contributed by atoms with Crippen LogP contribution in [0.1, 0.15) is 66.2 Å². The van der Waals surface area contributed by atoms with E-state index in [1.165, 1.54) is 19.9 Å². The van der Waals surface area contributed by atoms with E-state index in [-0.39, 0.29) is 90.4 Å². The lowest BCUT2D eigenvalue weighted by Gasteiger charge is -2.64. The number of cyclic esters (lactones) is 3. The second-order valence-corrected chi connectivity index (χ2v) is 17.6. The van der Waals surface area contributed by atoms with Crippen LogP contribution < -0.4 is 0 Å². The average Bonchev–Trinajstić information content (AvgIpc) is 4.01. The summed E-state index contributed by atoms with van der Waals surface area (Å²) in [4.78, 5) is 66.3. The monoisotopic (exact) mass is 734 g/mol. The molecule has 14 nitrogen and oxygen atoms in total. The Morgan fingerprint density at radius 1 is 0.774 bits per heavy atom. The largest absolute Gasteiger partial charge is 0.461 e. The minimum Gasteiger partial charge on any atom is -0.461 e. The molecule has 2 bridgehead atoms. The summed E-state index contributed by atoms with van der Waals surface area (Å²) in [5, 5.41) is 50.2. The van der Waals surface area contributed by atoms with Crippen LogP contribution in [0.4, 0.5) is 0 Å². The summed E-state index contributed by atoms with van der Waals surface area (Å²) in [6.07, 6.45) is 0.362. The molecule has 3 heterocycles. The van der Waals surface area contributed by atoms with Gasteiger partial charge in [-0.25, -0.2) is 14.4 Å². The molecule has 0 aromatic rings. The highest BCUT2D eigenvalue weighted by Gasteiger charge is 2.87. The zero-order chi connectivity index (χ0) is 37.6. The molecule has 4 N–H and O–H groups in total. The summed E-state index contributed by atoms with van der Waals surface area (Å²) in [5.74, 6) is -8.71. The van der Waals surface area contributed by atoms with Crippen molar-refractivity contribution in [3.8, 4) is 0 Å². The molecule has 0 aromatic carbocycles. The van der Waals surface area contributed by atoms with Gasteiger partial charge in [0.25, 0.3) is 5.79 Å². The third-order valence-electron chi connectivity index (χ3n) is 15.6. The molecule has 0 saturated heterocycles. The molecule has 53 heavy (non-hydrogen) atoms. The summed E-state index contributed by atoms with van der Waals surface area (Å²) in [6, 6.07) is 0. The minimum atomic E-state index is -2.51. The van der Waals surface area contributed by atoms with Gasteiger partial charge in [-0.2, -0.15) is 0 Å². The first kappa shape index (κ1) is 33.7. The molecule has 282 valence electrons. The third kappa shape index (κ3) is 3.67. The van der Waals surface area contributed by atoms with Crippen molar-refractivity contribution in [2.24, 2.45) is 46.3 Å². The molecule has 0 unspecified atom stereocenters. The Bertz CT molecular complexity index is 2020. The van der Waals surface area contributed by atoms with Crippen LogP contribution in [-0.4, -0.2) is 98.8 Å². The Hall–Kier alpha value is -3.85. The summed E-state index contributed by atoms with van der Waals surface area (Å²) in [7, 11) is 0. The minimum absolute atomic E-state index is 0.00694. The van der Waals surface area contributed by atoms with E-state index < -0.39 is 87.8 Å². The van der Waals surface area contributed by atoms with Gasteiger partial charge in [0.2, 0.25) is 0 Å². The van der Waals surface area contributed by atoms with Crippen LogP contribution in [0, 0.1) is 46.3 Å². The van der Waals surface area contributed by atoms with Crippen LogP contribution in [-0.2, 0) is 47.7 Å². The smallest absolute Gasteiger partial charge is 0.338 e. The molecule has 0 aromatic heterocycles. The van der Waals surface area contributed by atoms with Gasteiger partial charge < -0.3 is 44.1 Å². The summed E-state index contributed by atoms with van der Waals surface area (Å²) in [5.41, 5.74) is -5.72. The first-order valence-corrected chi connectivity index (χ1v) is 18.6. The number of ether oxygens (including phenoxy) is 5. The SMILES string of the molecule is CC1=C2C3=C4[C@](C)([C@@H]5C[C@@H]5[C@@]4(O)C[C@@H]4[C@]35OC(=O)C3=C5C[C@@H]5[C@](O)(COC(=O)/C(C)=C/COC(=O)CCC(=O)OC3)[C@H]3C[C@H]3[C@]45C)[C@@H](O)[C@]2(O)OC1=O. The van der Waals surface area contributed by atoms with E-state index in [1.54, 1.807) is 6.92 Å². The van der Waals surface area contributed by atoms with E-state index >= 15 is 0 Å². The molecule has 7 aliphatic carbocycles. The maximum absolute atomic E-state index is 14.4. The molecule has 13 atom stereocenters. The number of esters is 5. The van der Waals surface area contributed by atoms with Gasteiger partial charge >= 0.3 is 29.8 Å². The summed E-state index contributed by atoms with van der Waals surface area (Å²) >= 11 is 0. The van der Waals surface area contributed by atoms with Crippen LogP contribution in [0.15, 0.2) is 45.1 Å². The van der Waals surface area contributed by atoms with Gasteiger partial charge in [-0.05, 0) is 85.8 Å². The summed E-state index contributed by atoms with van der Waals surface area (Å²) < 4.78 is 28.8. The molecule has 10 rings (SSSR count). The maximum Gasteiger partial charge on any atom is 0.338 e. The second kappa shape index (κ2) is 9.87. The van der Waals surface area contributed by atoms with Gasteiger partial charge in [-0.1, -0.05) is 13.8 Å². The number of rotatable bonds is 0. The molecule has 5 fully saturated rings. The van der Waals surface area contributed by atoms with Crippen molar-refractivity contribution in [1.29, 1.82) is 0 Å².